The maximum atomic E-state index is 12.1. The highest BCUT2D eigenvalue weighted by atomic mass is 16.5. The lowest BCUT2D eigenvalue weighted by Crippen LogP contribution is -2.46. The monoisotopic (exact) mass is 236 g/mol. The maximum Gasteiger partial charge on any atom is 0.133 e. The molecule has 17 heavy (non-hydrogen) atoms. The van der Waals surface area contributed by atoms with E-state index in [1.807, 2.05) is 7.11 Å². The van der Waals surface area contributed by atoms with Gasteiger partial charge in [0.05, 0.1) is 6.10 Å². The van der Waals surface area contributed by atoms with E-state index in [2.05, 4.69) is 20.8 Å². The summed E-state index contributed by atoms with van der Waals surface area (Å²) < 4.78 is 5.84. The topological polar surface area (TPSA) is 26.3 Å². The molecule has 3 saturated carbocycles. The Morgan fingerprint density at radius 3 is 2.53 bits per heavy atom. The number of carbonyl (C=O) groups is 1. The molecule has 0 N–H and O–H groups in total. The molecular weight excluding hydrogens is 212 g/mol. The third kappa shape index (κ3) is 1.05. The molecule has 2 heteroatoms. The summed E-state index contributed by atoms with van der Waals surface area (Å²) in [6.45, 7) is 7.15. The zero-order valence-electron chi connectivity index (χ0n) is 11.5. The van der Waals surface area contributed by atoms with Crippen molar-refractivity contribution in [1.29, 1.82) is 0 Å². The number of carbonyl (C=O) groups excluding carboxylic acids is 1. The van der Waals surface area contributed by atoms with E-state index in [1.165, 1.54) is 19.3 Å². The summed E-state index contributed by atoms with van der Waals surface area (Å²) in [5.74, 6) is 0.911. The van der Waals surface area contributed by atoms with Gasteiger partial charge >= 0.3 is 0 Å². The second kappa shape index (κ2) is 3.14. The van der Waals surface area contributed by atoms with Crippen LogP contribution in [0.1, 0.15) is 52.9 Å². The van der Waals surface area contributed by atoms with Gasteiger partial charge in [-0.25, -0.2) is 0 Å². The van der Waals surface area contributed by atoms with Crippen LogP contribution in [0.4, 0.5) is 0 Å². The molecule has 3 rings (SSSR count). The molecule has 0 aromatic carbocycles. The van der Waals surface area contributed by atoms with E-state index in [4.69, 9.17) is 4.74 Å². The molecule has 3 fully saturated rings. The molecule has 0 saturated heterocycles. The van der Waals surface area contributed by atoms with Gasteiger partial charge < -0.3 is 4.74 Å². The Labute approximate surface area is 104 Å². The predicted molar refractivity (Wildman–Crippen MR) is 66.7 cm³/mol. The highest BCUT2D eigenvalue weighted by molar-refractivity contribution is 5.81. The smallest absolute Gasteiger partial charge is 0.133 e. The minimum Gasteiger partial charge on any atom is -0.381 e. The second-order valence-corrected chi connectivity index (χ2v) is 7.20. The van der Waals surface area contributed by atoms with Gasteiger partial charge in [0.1, 0.15) is 5.78 Å². The largest absolute Gasteiger partial charge is 0.381 e. The molecule has 0 aromatic rings. The van der Waals surface area contributed by atoms with E-state index in [1.54, 1.807) is 0 Å². The van der Waals surface area contributed by atoms with Crippen molar-refractivity contribution >= 4 is 5.78 Å². The Balaban J connectivity index is 2.17. The van der Waals surface area contributed by atoms with Crippen molar-refractivity contribution in [3.63, 3.8) is 0 Å². The Hall–Kier alpha value is -0.370. The summed E-state index contributed by atoms with van der Waals surface area (Å²) in [6.07, 6.45) is 5.63. The first-order chi connectivity index (χ1) is 7.89. The Morgan fingerprint density at radius 2 is 1.88 bits per heavy atom. The quantitative estimate of drug-likeness (QED) is 0.699. The predicted octanol–water partition coefficient (Wildman–Crippen LogP) is 3.20. The van der Waals surface area contributed by atoms with Gasteiger partial charge in [-0.05, 0) is 29.6 Å². The van der Waals surface area contributed by atoms with E-state index in [9.17, 15) is 4.79 Å². The van der Waals surface area contributed by atoms with Crippen molar-refractivity contribution in [2.45, 2.75) is 59.0 Å². The summed E-state index contributed by atoms with van der Waals surface area (Å²) >= 11 is 0. The summed E-state index contributed by atoms with van der Waals surface area (Å²) in [5.41, 5.74) is 0.666. The fourth-order valence-corrected chi connectivity index (χ4v) is 5.77. The third-order valence-electron chi connectivity index (χ3n) is 6.97. The van der Waals surface area contributed by atoms with E-state index in [-0.39, 0.29) is 16.9 Å². The van der Waals surface area contributed by atoms with Crippen LogP contribution in [0.2, 0.25) is 0 Å². The van der Waals surface area contributed by atoms with Crippen LogP contribution in [0.3, 0.4) is 0 Å². The molecule has 96 valence electrons. The molecular formula is C15H24O2. The van der Waals surface area contributed by atoms with Gasteiger partial charge in [-0.15, -0.1) is 0 Å². The lowest BCUT2D eigenvalue weighted by Gasteiger charge is -2.46. The standard InChI is InChI=1S/C15H24O2/c1-13-6-5-7-15(13,3)14(2)9-10(16)8-11(13)12(14)17-4/h11-12H,5-9H2,1-4H3/t11-,12+,13-,14+,15-/m0/s1. The van der Waals surface area contributed by atoms with Crippen LogP contribution < -0.4 is 0 Å². The molecule has 0 aromatic heterocycles. The van der Waals surface area contributed by atoms with E-state index >= 15 is 0 Å². The van der Waals surface area contributed by atoms with Crippen LogP contribution in [0.15, 0.2) is 0 Å². The van der Waals surface area contributed by atoms with Crippen molar-refractivity contribution < 1.29 is 9.53 Å². The minimum atomic E-state index is 0.0625. The highest BCUT2D eigenvalue weighted by Crippen LogP contribution is 2.76. The van der Waals surface area contributed by atoms with Crippen molar-refractivity contribution in [2.75, 3.05) is 7.11 Å². The van der Waals surface area contributed by atoms with Crippen LogP contribution in [0, 0.1) is 22.2 Å². The molecule has 2 bridgehead atoms. The van der Waals surface area contributed by atoms with E-state index in [0.717, 1.165) is 12.8 Å². The van der Waals surface area contributed by atoms with Crippen LogP contribution >= 0.6 is 0 Å². The normalized spacial score (nSPS) is 57.3. The molecule has 2 nitrogen and oxygen atoms in total. The molecule has 0 heterocycles. The van der Waals surface area contributed by atoms with Gasteiger partial charge in [0, 0.05) is 25.4 Å². The Bertz CT molecular complexity index is 377. The van der Waals surface area contributed by atoms with Gasteiger partial charge in [0.15, 0.2) is 0 Å². The number of rotatable bonds is 1. The molecule has 0 amide bonds. The van der Waals surface area contributed by atoms with Gasteiger partial charge in [0.2, 0.25) is 0 Å². The average molecular weight is 236 g/mol. The van der Waals surface area contributed by atoms with E-state index < -0.39 is 0 Å². The van der Waals surface area contributed by atoms with Crippen LogP contribution in [-0.4, -0.2) is 19.0 Å². The first kappa shape index (κ1) is 11.7. The second-order valence-electron chi connectivity index (χ2n) is 7.20. The van der Waals surface area contributed by atoms with Crippen LogP contribution in [0.25, 0.3) is 0 Å². The number of hydrogen-bond acceptors (Lipinski definition) is 2. The van der Waals surface area contributed by atoms with E-state index in [0.29, 0.717) is 17.1 Å². The first-order valence-electron chi connectivity index (χ1n) is 6.93. The number of hydrogen-bond donors (Lipinski definition) is 0. The number of ether oxygens (including phenoxy) is 1. The van der Waals surface area contributed by atoms with Gasteiger partial charge in [0.25, 0.3) is 0 Å². The van der Waals surface area contributed by atoms with Gasteiger partial charge in [-0.1, -0.05) is 27.2 Å². The van der Waals surface area contributed by atoms with Gasteiger partial charge in [-0.2, -0.15) is 0 Å². The molecule has 0 radical (unpaired) electrons. The van der Waals surface area contributed by atoms with Gasteiger partial charge in [-0.3, -0.25) is 4.79 Å². The maximum absolute atomic E-state index is 12.1. The number of ketones is 1. The lowest BCUT2D eigenvalue weighted by molar-refractivity contribution is -0.135. The number of fused-ring (bicyclic) bond motifs is 5. The van der Waals surface area contributed by atoms with Crippen LogP contribution in [0.5, 0.6) is 0 Å². The molecule has 5 atom stereocenters. The minimum absolute atomic E-state index is 0.0625. The third-order valence-corrected chi connectivity index (χ3v) is 6.97. The van der Waals surface area contributed by atoms with Crippen molar-refractivity contribution in [3.05, 3.63) is 0 Å². The summed E-state index contributed by atoms with van der Waals surface area (Å²) in [6, 6.07) is 0. The average Bonchev–Trinajstić information content (AvgIpc) is 2.60. The lowest BCUT2D eigenvalue weighted by atomic mass is 9.59. The van der Waals surface area contributed by atoms with Crippen LogP contribution in [-0.2, 0) is 9.53 Å². The first-order valence-corrected chi connectivity index (χ1v) is 6.93. The molecule has 3 aliphatic carbocycles. The Kier molecular flexibility index (Phi) is 2.16. The molecule has 0 spiro atoms. The summed E-state index contributed by atoms with van der Waals surface area (Å²) in [5, 5.41) is 0. The summed E-state index contributed by atoms with van der Waals surface area (Å²) in [7, 11) is 1.83. The molecule has 0 aliphatic heterocycles. The van der Waals surface area contributed by atoms with Crippen molar-refractivity contribution in [3.8, 4) is 0 Å². The number of Topliss-reactive ketones (excluding diaryl/α,β-unsaturated/α-hetero) is 1. The fourth-order valence-electron chi connectivity index (χ4n) is 5.77. The summed E-state index contributed by atoms with van der Waals surface area (Å²) in [4.78, 5) is 12.1. The van der Waals surface area contributed by atoms with Crippen molar-refractivity contribution in [1.82, 2.24) is 0 Å². The molecule has 0 unspecified atom stereocenters. The van der Waals surface area contributed by atoms with Crippen molar-refractivity contribution in [2.24, 2.45) is 22.2 Å². The zero-order valence-corrected chi connectivity index (χ0v) is 11.5. The Morgan fingerprint density at radius 1 is 1.18 bits per heavy atom. The highest BCUT2D eigenvalue weighted by Gasteiger charge is 2.73. The fraction of sp³-hybridized carbons (Fsp3) is 0.933. The number of methoxy groups -OCH3 is 1. The zero-order chi connectivity index (χ0) is 12.5. The SMILES string of the molecule is CO[C@@H]1[C@@H]2CC(=O)C[C@@]1(C)[C@@]1(C)CCC[C@@]21C. The molecule has 3 aliphatic rings.